The van der Waals surface area contributed by atoms with E-state index in [9.17, 15) is 9.18 Å². The Balaban J connectivity index is 1.64. The van der Waals surface area contributed by atoms with Gasteiger partial charge in [0.2, 0.25) is 5.82 Å². The minimum Gasteiger partial charge on any atom is -0.331 e. The van der Waals surface area contributed by atoms with Crippen LogP contribution in [0.1, 0.15) is 29.1 Å². The molecule has 8 nitrogen and oxygen atoms in total. The highest BCUT2D eigenvalue weighted by Crippen LogP contribution is 2.28. The first-order valence-electron chi connectivity index (χ1n) is 7.42. The number of nitrogens with zero attached hydrogens (tertiary/aromatic N) is 6. The fraction of sp³-hybridized carbons (Fsp3) is 0.267. The first-order chi connectivity index (χ1) is 11.6. The number of halogens is 1. The van der Waals surface area contributed by atoms with Gasteiger partial charge in [-0.25, -0.2) is 4.39 Å². The molecule has 3 aromatic rings. The van der Waals surface area contributed by atoms with Crippen molar-refractivity contribution in [3.8, 4) is 11.7 Å². The Hall–Kier alpha value is -3.10. The molecule has 0 spiro atoms. The van der Waals surface area contributed by atoms with Crippen LogP contribution in [0.5, 0.6) is 0 Å². The zero-order valence-electron chi connectivity index (χ0n) is 12.8. The summed E-state index contributed by atoms with van der Waals surface area (Å²) in [5.41, 5.74) is 0.438. The van der Waals surface area contributed by atoms with Gasteiger partial charge in [-0.2, -0.15) is 4.98 Å². The van der Waals surface area contributed by atoms with Gasteiger partial charge in [-0.05, 0) is 31.2 Å². The van der Waals surface area contributed by atoms with E-state index in [1.165, 1.54) is 30.6 Å². The minimum atomic E-state index is -0.373. The average Bonchev–Trinajstić information content (AvgIpc) is 3.24. The second kappa shape index (κ2) is 5.52. The number of carbonyl (C=O) groups is 1. The molecule has 2 aromatic heterocycles. The molecule has 0 radical (unpaired) electrons. The maximum Gasteiger partial charge on any atom is 0.295 e. The van der Waals surface area contributed by atoms with Gasteiger partial charge in [0.1, 0.15) is 5.82 Å². The van der Waals surface area contributed by atoms with Crippen LogP contribution in [0, 0.1) is 5.82 Å². The number of amides is 1. The van der Waals surface area contributed by atoms with Crippen molar-refractivity contribution in [3.63, 3.8) is 0 Å². The fourth-order valence-corrected chi connectivity index (χ4v) is 2.85. The second-order valence-electron chi connectivity index (χ2n) is 5.46. The summed E-state index contributed by atoms with van der Waals surface area (Å²) in [6, 6.07) is 5.23. The number of carbonyl (C=O) groups excluding carboxylic acids is 1. The Labute approximate surface area is 135 Å². The molecular formula is C15H13FN6O2. The third kappa shape index (κ3) is 2.25. The highest BCUT2D eigenvalue weighted by Gasteiger charge is 2.32. The molecule has 122 valence electrons. The van der Waals surface area contributed by atoms with Gasteiger partial charge in [-0.15, -0.1) is 10.2 Å². The van der Waals surface area contributed by atoms with E-state index in [0.29, 0.717) is 36.2 Å². The van der Waals surface area contributed by atoms with Gasteiger partial charge in [-0.3, -0.25) is 4.79 Å². The van der Waals surface area contributed by atoms with Crippen LogP contribution < -0.4 is 0 Å². The van der Waals surface area contributed by atoms with Crippen molar-refractivity contribution in [1.29, 1.82) is 0 Å². The van der Waals surface area contributed by atoms with Gasteiger partial charge in [0.05, 0.1) is 6.04 Å². The third-order valence-corrected chi connectivity index (χ3v) is 4.09. The van der Waals surface area contributed by atoms with E-state index in [1.54, 1.807) is 4.90 Å². The molecule has 1 amide bonds. The molecule has 0 unspecified atom stereocenters. The summed E-state index contributed by atoms with van der Waals surface area (Å²) in [6.45, 7) is 2.86. The zero-order valence-corrected chi connectivity index (χ0v) is 12.8. The minimum absolute atomic E-state index is 0.170. The second-order valence-corrected chi connectivity index (χ2v) is 5.46. The van der Waals surface area contributed by atoms with E-state index in [0.717, 1.165) is 0 Å². The van der Waals surface area contributed by atoms with Gasteiger partial charge < -0.3 is 14.0 Å². The van der Waals surface area contributed by atoms with Crippen LogP contribution in [0.2, 0.25) is 0 Å². The average molecular weight is 328 g/mol. The predicted octanol–water partition coefficient (Wildman–Crippen LogP) is 1.68. The molecule has 3 heterocycles. The first kappa shape index (κ1) is 14.5. The molecule has 0 saturated heterocycles. The van der Waals surface area contributed by atoms with Crippen molar-refractivity contribution in [2.75, 3.05) is 6.54 Å². The Morgan fingerprint density at radius 2 is 2.04 bits per heavy atom. The van der Waals surface area contributed by atoms with Crippen LogP contribution in [-0.4, -0.2) is 42.3 Å². The Morgan fingerprint density at radius 1 is 1.25 bits per heavy atom. The molecule has 0 bridgehead atoms. The predicted molar refractivity (Wildman–Crippen MR) is 79.2 cm³/mol. The molecule has 1 aliphatic rings. The Morgan fingerprint density at radius 3 is 2.75 bits per heavy atom. The van der Waals surface area contributed by atoms with E-state index >= 15 is 0 Å². The highest BCUT2D eigenvalue weighted by molar-refractivity contribution is 5.94. The molecule has 0 fully saturated rings. The van der Waals surface area contributed by atoms with Crippen LogP contribution in [0.4, 0.5) is 4.39 Å². The van der Waals surface area contributed by atoms with Crippen molar-refractivity contribution in [2.45, 2.75) is 19.5 Å². The number of fused-ring (bicyclic) bond motifs is 1. The molecular weight excluding hydrogens is 315 g/mol. The molecule has 4 rings (SSSR count). The molecule has 0 aliphatic carbocycles. The van der Waals surface area contributed by atoms with Gasteiger partial charge in [0.15, 0.2) is 12.2 Å². The largest absolute Gasteiger partial charge is 0.331 e. The Kier molecular flexibility index (Phi) is 3.33. The van der Waals surface area contributed by atoms with Crippen molar-refractivity contribution in [1.82, 2.24) is 29.8 Å². The van der Waals surface area contributed by atoms with E-state index in [1.807, 2.05) is 11.5 Å². The summed E-state index contributed by atoms with van der Waals surface area (Å²) in [5, 5.41) is 11.8. The lowest BCUT2D eigenvalue weighted by atomic mass is 10.1. The molecule has 9 heteroatoms. The number of rotatable bonds is 2. The standard InChI is InChI=1S/C15H13FN6O2/c1-9-12-19-20-13(14-17-8-18-24-14)22(12)7-6-21(9)15(23)10-2-4-11(16)5-3-10/h2-5,8-9H,6-7H2,1H3/t9-/m1/s1. The van der Waals surface area contributed by atoms with Gasteiger partial charge in [-0.1, -0.05) is 5.16 Å². The van der Waals surface area contributed by atoms with Crippen molar-refractivity contribution < 1.29 is 13.7 Å². The summed E-state index contributed by atoms with van der Waals surface area (Å²) < 4.78 is 19.9. The van der Waals surface area contributed by atoms with Gasteiger partial charge in [0, 0.05) is 18.7 Å². The number of hydrogen-bond donors (Lipinski definition) is 0. The van der Waals surface area contributed by atoms with E-state index in [4.69, 9.17) is 4.52 Å². The lowest BCUT2D eigenvalue weighted by Gasteiger charge is -2.33. The van der Waals surface area contributed by atoms with Gasteiger partial charge >= 0.3 is 0 Å². The van der Waals surface area contributed by atoms with Crippen molar-refractivity contribution in [2.24, 2.45) is 0 Å². The van der Waals surface area contributed by atoms with Crippen molar-refractivity contribution in [3.05, 3.63) is 47.8 Å². The summed E-state index contributed by atoms with van der Waals surface area (Å²) in [6.07, 6.45) is 1.30. The van der Waals surface area contributed by atoms with Crippen LogP contribution in [0.25, 0.3) is 11.7 Å². The summed E-state index contributed by atoms with van der Waals surface area (Å²) in [4.78, 5) is 18.3. The van der Waals surface area contributed by atoms with E-state index in [2.05, 4.69) is 20.3 Å². The smallest absolute Gasteiger partial charge is 0.295 e. The van der Waals surface area contributed by atoms with Crippen LogP contribution in [-0.2, 0) is 6.54 Å². The molecule has 1 aromatic carbocycles. The number of benzene rings is 1. The maximum atomic E-state index is 13.0. The molecule has 0 N–H and O–H groups in total. The van der Waals surface area contributed by atoms with E-state index < -0.39 is 0 Å². The monoisotopic (exact) mass is 328 g/mol. The lowest BCUT2D eigenvalue weighted by molar-refractivity contribution is 0.0638. The van der Waals surface area contributed by atoms with Crippen LogP contribution in [0.3, 0.4) is 0 Å². The third-order valence-electron chi connectivity index (χ3n) is 4.09. The lowest BCUT2D eigenvalue weighted by Crippen LogP contribution is -2.41. The van der Waals surface area contributed by atoms with Gasteiger partial charge in [0.25, 0.3) is 11.8 Å². The summed E-state index contributed by atoms with van der Waals surface area (Å²) >= 11 is 0. The Bertz CT molecular complexity index is 874. The number of aromatic nitrogens is 5. The fourth-order valence-electron chi connectivity index (χ4n) is 2.85. The number of hydrogen-bond acceptors (Lipinski definition) is 6. The summed E-state index contributed by atoms with van der Waals surface area (Å²) in [7, 11) is 0. The molecule has 24 heavy (non-hydrogen) atoms. The zero-order chi connectivity index (χ0) is 16.7. The van der Waals surface area contributed by atoms with Crippen LogP contribution in [0.15, 0.2) is 35.1 Å². The van der Waals surface area contributed by atoms with E-state index in [-0.39, 0.29) is 17.8 Å². The van der Waals surface area contributed by atoms with Crippen LogP contribution >= 0.6 is 0 Å². The topological polar surface area (TPSA) is 89.9 Å². The molecule has 1 atom stereocenters. The maximum absolute atomic E-state index is 13.0. The summed E-state index contributed by atoms with van der Waals surface area (Å²) in [5.74, 6) is 0.880. The molecule has 0 saturated carbocycles. The molecule has 1 aliphatic heterocycles. The van der Waals surface area contributed by atoms with Crippen molar-refractivity contribution >= 4 is 5.91 Å². The SMILES string of the molecule is C[C@@H]1c2nnc(-c3ncno3)n2CCN1C(=O)c1ccc(F)cc1. The first-order valence-corrected chi connectivity index (χ1v) is 7.42. The normalized spacial score (nSPS) is 16.9. The highest BCUT2D eigenvalue weighted by atomic mass is 19.1. The quantitative estimate of drug-likeness (QED) is 0.711.